The molecule has 176 valence electrons. The number of amides is 2. The van der Waals surface area contributed by atoms with Gasteiger partial charge in [-0.05, 0) is 54.4 Å². The van der Waals surface area contributed by atoms with E-state index in [1.807, 2.05) is 6.07 Å². The molecule has 10 heteroatoms. The Morgan fingerprint density at radius 2 is 2.03 bits per heavy atom. The lowest BCUT2D eigenvalue weighted by atomic mass is 10.1. The number of nitrogens with one attached hydrogen (secondary N) is 1. The number of ether oxygens (including phenoxy) is 1. The van der Waals surface area contributed by atoms with Gasteiger partial charge in [-0.1, -0.05) is 11.2 Å². The lowest BCUT2D eigenvalue weighted by Gasteiger charge is -2.19. The summed E-state index contributed by atoms with van der Waals surface area (Å²) < 4.78 is 11.0. The fourth-order valence-electron chi connectivity index (χ4n) is 3.76. The molecule has 4 aromatic rings. The molecule has 5 rings (SSSR count). The Morgan fingerprint density at radius 3 is 2.71 bits per heavy atom. The molecule has 4 heterocycles. The lowest BCUT2D eigenvalue weighted by Crippen LogP contribution is -2.25. The quantitative estimate of drug-likeness (QED) is 0.430. The predicted octanol–water partition coefficient (Wildman–Crippen LogP) is 4.00. The van der Waals surface area contributed by atoms with Gasteiger partial charge >= 0.3 is 0 Å². The SMILES string of the molecule is Cc1nc(-c2ccc(Oc3ccc(NC(=O)c4ccccn4)c(CN4CCCC4=O)c3)cn2)no1. The Labute approximate surface area is 201 Å². The first kappa shape index (κ1) is 22.2. The van der Waals surface area contributed by atoms with Gasteiger partial charge in [-0.25, -0.2) is 4.98 Å². The van der Waals surface area contributed by atoms with E-state index in [2.05, 4.69) is 25.4 Å². The third-order valence-electron chi connectivity index (χ3n) is 5.48. The number of rotatable bonds is 7. The molecule has 0 atom stereocenters. The van der Waals surface area contributed by atoms with Gasteiger partial charge in [-0.2, -0.15) is 4.98 Å². The van der Waals surface area contributed by atoms with Crippen LogP contribution in [0, 0.1) is 6.92 Å². The second kappa shape index (κ2) is 9.72. The van der Waals surface area contributed by atoms with Crippen molar-refractivity contribution < 1.29 is 18.8 Å². The van der Waals surface area contributed by atoms with Gasteiger partial charge in [0.1, 0.15) is 22.9 Å². The monoisotopic (exact) mass is 470 g/mol. The van der Waals surface area contributed by atoms with E-state index in [1.165, 1.54) is 0 Å². The Bertz CT molecular complexity index is 1350. The van der Waals surface area contributed by atoms with Crippen molar-refractivity contribution >= 4 is 17.5 Å². The zero-order valence-corrected chi connectivity index (χ0v) is 19.0. The molecule has 0 saturated carbocycles. The van der Waals surface area contributed by atoms with E-state index in [0.29, 0.717) is 59.8 Å². The molecule has 1 aliphatic heterocycles. The van der Waals surface area contributed by atoms with E-state index in [9.17, 15) is 9.59 Å². The highest BCUT2D eigenvalue weighted by molar-refractivity contribution is 6.03. The van der Waals surface area contributed by atoms with Crippen LogP contribution < -0.4 is 10.1 Å². The minimum absolute atomic E-state index is 0.0924. The first-order valence-corrected chi connectivity index (χ1v) is 11.1. The number of anilines is 1. The molecule has 0 aliphatic carbocycles. The number of likely N-dealkylation sites (tertiary alicyclic amines) is 1. The fraction of sp³-hybridized carbons (Fsp3) is 0.200. The van der Waals surface area contributed by atoms with E-state index in [0.717, 1.165) is 12.0 Å². The van der Waals surface area contributed by atoms with E-state index >= 15 is 0 Å². The van der Waals surface area contributed by atoms with Crippen molar-refractivity contribution in [1.82, 2.24) is 25.0 Å². The van der Waals surface area contributed by atoms with Crippen molar-refractivity contribution in [2.45, 2.75) is 26.3 Å². The van der Waals surface area contributed by atoms with E-state index in [4.69, 9.17) is 9.26 Å². The van der Waals surface area contributed by atoms with E-state index < -0.39 is 0 Å². The molecule has 2 amide bonds. The molecular weight excluding hydrogens is 448 g/mol. The van der Waals surface area contributed by atoms with Crippen LogP contribution in [0.5, 0.6) is 11.5 Å². The van der Waals surface area contributed by atoms with Gasteiger partial charge in [0.15, 0.2) is 0 Å². The maximum atomic E-state index is 12.7. The summed E-state index contributed by atoms with van der Waals surface area (Å²) in [5, 5.41) is 6.77. The molecule has 1 saturated heterocycles. The number of carbonyl (C=O) groups excluding carboxylic acids is 2. The topological polar surface area (TPSA) is 123 Å². The number of pyridine rings is 2. The summed E-state index contributed by atoms with van der Waals surface area (Å²) in [6.07, 6.45) is 4.49. The molecule has 0 unspecified atom stereocenters. The Kier molecular flexibility index (Phi) is 6.16. The number of hydrogen-bond donors (Lipinski definition) is 1. The van der Waals surface area contributed by atoms with Crippen LogP contribution in [0.2, 0.25) is 0 Å². The summed E-state index contributed by atoms with van der Waals surface area (Å²) in [4.78, 5) is 39.3. The summed E-state index contributed by atoms with van der Waals surface area (Å²) >= 11 is 0. The number of hydrogen-bond acceptors (Lipinski definition) is 8. The smallest absolute Gasteiger partial charge is 0.274 e. The molecule has 1 N–H and O–H groups in total. The molecule has 0 bridgehead atoms. The maximum absolute atomic E-state index is 12.7. The van der Waals surface area contributed by atoms with Gasteiger partial charge < -0.3 is 19.5 Å². The van der Waals surface area contributed by atoms with E-state index in [-0.39, 0.29) is 11.8 Å². The van der Waals surface area contributed by atoms with Crippen LogP contribution in [0.3, 0.4) is 0 Å². The van der Waals surface area contributed by atoms with Crippen LogP contribution in [0.25, 0.3) is 11.5 Å². The van der Waals surface area contributed by atoms with Crippen LogP contribution in [0.1, 0.15) is 34.8 Å². The Hall–Kier alpha value is -4.60. The number of benzene rings is 1. The van der Waals surface area contributed by atoms with Gasteiger partial charge in [0.05, 0.1) is 6.20 Å². The first-order valence-electron chi connectivity index (χ1n) is 11.1. The Balaban J connectivity index is 1.37. The second-order valence-electron chi connectivity index (χ2n) is 8.03. The highest BCUT2D eigenvalue weighted by Gasteiger charge is 2.22. The fourth-order valence-corrected chi connectivity index (χ4v) is 3.76. The number of carbonyl (C=O) groups is 2. The number of aryl methyl sites for hydroxylation is 1. The van der Waals surface area contributed by atoms with Gasteiger partial charge in [-0.15, -0.1) is 0 Å². The van der Waals surface area contributed by atoms with Crippen LogP contribution >= 0.6 is 0 Å². The highest BCUT2D eigenvalue weighted by atomic mass is 16.5. The third-order valence-corrected chi connectivity index (χ3v) is 5.48. The zero-order valence-electron chi connectivity index (χ0n) is 19.0. The average molecular weight is 470 g/mol. The molecule has 0 radical (unpaired) electrons. The second-order valence-corrected chi connectivity index (χ2v) is 8.03. The molecule has 1 aliphatic rings. The summed E-state index contributed by atoms with van der Waals surface area (Å²) in [7, 11) is 0. The van der Waals surface area contributed by atoms with Crippen LogP contribution in [-0.2, 0) is 11.3 Å². The van der Waals surface area contributed by atoms with Crippen molar-refractivity contribution in [3.8, 4) is 23.0 Å². The molecule has 35 heavy (non-hydrogen) atoms. The predicted molar refractivity (Wildman–Crippen MR) is 126 cm³/mol. The summed E-state index contributed by atoms with van der Waals surface area (Å²) in [6, 6.07) is 14.0. The molecule has 1 aromatic carbocycles. The number of nitrogens with zero attached hydrogens (tertiary/aromatic N) is 5. The molecule has 1 fully saturated rings. The molecule has 3 aromatic heterocycles. The third kappa shape index (κ3) is 5.16. The standard InChI is InChI=1S/C25H22N6O4/c1-16-28-24(30-35-16)21-10-8-19(14-27-21)34-18-7-9-20(29-25(33)22-5-2-3-11-26-22)17(13-18)15-31-12-4-6-23(31)32/h2-3,5,7-11,13-14H,4,6,12,15H2,1H3,(H,29,33). The van der Waals surface area contributed by atoms with Crippen molar-refractivity contribution in [3.05, 3.63) is 78.1 Å². The maximum Gasteiger partial charge on any atom is 0.274 e. The highest BCUT2D eigenvalue weighted by Crippen LogP contribution is 2.29. The zero-order chi connectivity index (χ0) is 24.2. The largest absolute Gasteiger partial charge is 0.456 e. The van der Waals surface area contributed by atoms with Crippen LogP contribution in [0.15, 0.2) is 65.4 Å². The number of aromatic nitrogens is 4. The van der Waals surface area contributed by atoms with Crippen LogP contribution in [-0.4, -0.2) is 43.4 Å². The minimum atomic E-state index is -0.329. The van der Waals surface area contributed by atoms with Gasteiger partial charge in [0.2, 0.25) is 17.6 Å². The van der Waals surface area contributed by atoms with Crippen molar-refractivity contribution in [3.63, 3.8) is 0 Å². The molecule has 10 nitrogen and oxygen atoms in total. The average Bonchev–Trinajstić information content (AvgIpc) is 3.49. The van der Waals surface area contributed by atoms with Crippen LogP contribution in [0.4, 0.5) is 5.69 Å². The summed E-state index contributed by atoms with van der Waals surface area (Å²) in [5.74, 6) is 1.69. The van der Waals surface area contributed by atoms with Crippen molar-refractivity contribution in [1.29, 1.82) is 0 Å². The Morgan fingerprint density at radius 1 is 1.14 bits per heavy atom. The van der Waals surface area contributed by atoms with Gasteiger partial charge in [0.25, 0.3) is 5.91 Å². The van der Waals surface area contributed by atoms with Crippen molar-refractivity contribution in [2.75, 3.05) is 11.9 Å². The first-order chi connectivity index (χ1) is 17.0. The van der Waals surface area contributed by atoms with Gasteiger partial charge in [0, 0.05) is 38.3 Å². The normalized spacial score (nSPS) is 13.2. The molecular formula is C25H22N6O4. The molecule has 0 spiro atoms. The summed E-state index contributed by atoms with van der Waals surface area (Å²) in [6.45, 7) is 2.75. The minimum Gasteiger partial charge on any atom is -0.456 e. The van der Waals surface area contributed by atoms with E-state index in [1.54, 1.807) is 66.7 Å². The van der Waals surface area contributed by atoms with Crippen molar-refractivity contribution in [2.24, 2.45) is 0 Å². The lowest BCUT2D eigenvalue weighted by molar-refractivity contribution is -0.128. The summed E-state index contributed by atoms with van der Waals surface area (Å²) in [5.41, 5.74) is 2.22. The van der Waals surface area contributed by atoms with Gasteiger partial charge in [-0.3, -0.25) is 14.6 Å².